The summed E-state index contributed by atoms with van der Waals surface area (Å²) in [5.41, 5.74) is 6.64. The van der Waals surface area contributed by atoms with Crippen molar-refractivity contribution in [1.29, 1.82) is 0 Å². The molecule has 0 aliphatic carbocycles. The summed E-state index contributed by atoms with van der Waals surface area (Å²) >= 11 is 0. The molecule has 2 heterocycles. The Bertz CT molecular complexity index is 496. The lowest BCUT2D eigenvalue weighted by molar-refractivity contribution is 0.582. The molecule has 16 heavy (non-hydrogen) atoms. The maximum absolute atomic E-state index is 5.71. The minimum atomic E-state index is 0.487. The summed E-state index contributed by atoms with van der Waals surface area (Å²) in [5.74, 6) is 2.21. The first-order valence-electron chi connectivity index (χ1n) is 5.16. The normalized spacial score (nSPS) is 10.9. The number of hydrogen-bond donors (Lipinski definition) is 1. The zero-order valence-electron chi connectivity index (χ0n) is 9.67. The van der Waals surface area contributed by atoms with Gasteiger partial charge in [0.15, 0.2) is 11.6 Å². The molecule has 0 aliphatic rings. The fraction of sp³-hybridized carbons (Fsp3) is 0.556. The van der Waals surface area contributed by atoms with E-state index >= 15 is 0 Å². The maximum Gasteiger partial charge on any atom is 0.169 e. The van der Waals surface area contributed by atoms with Crippen molar-refractivity contribution < 1.29 is 0 Å². The van der Waals surface area contributed by atoms with E-state index in [9.17, 15) is 0 Å². The molecule has 7 heteroatoms. The highest BCUT2D eigenvalue weighted by Crippen LogP contribution is 2.09. The van der Waals surface area contributed by atoms with E-state index in [1.807, 2.05) is 25.5 Å². The van der Waals surface area contributed by atoms with Crippen molar-refractivity contribution in [2.45, 2.75) is 26.8 Å². The Morgan fingerprint density at radius 1 is 1.25 bits per heavy atom. The molecule has 0 saturated carbocycles. The highest BCUT2D eigenvalue weighted by atomic mass is 15.5. The summed E-state index contributed by atoms with van der Waals surface area (Å²) in [5, 5.41) is 15.9. The minimum absolute atomic E-state index is 0.487. The first-order chi connectivity index (χ1) is 7.63. The average Bonchev–Trinajstić information content (AvgIpc) is 2.76. The number of nitrogen functional groups attached to an aromatic ring is 1. The monoisotopic (exact) mass is 221 g/mol. The predicted octanol–water partition coefficient (Wildman–Crippen LogP) is -0.0921. The average molecular weight is 221 g/mol. The number of nitrogens with zero attached hydrogens (tertiary/aromatic N) is 6. The SMILES string of the molecule is CCc1c(N)nnn1Cc1nnc(C)n1C. The lowest BCUT2D eigenvalue weighted by Gasteiger charge is -2.04. The summed E-state index contributed by atoms with van der Waals surface area (Å²) in [6.45, 7) is 4.48. The van der Waals surface area contributed by atoms with E-state index in [1.165, 1.54) is 0 Å². The van der Waals surface area contributed by atoms with Gasteiger partial charge in [0.2, 0.25) is 0 Å². The van der Waals surface area contributed by atoms with Crippen LogP contribution in [0.2, 0.25) is 0 Å². The highest BCUT2D eigenvalue weighted by molar-refractivity contribution is 5.32. The van der Waals surface area contributed by atoms with Crippen molar-refractivity contribution >= 4 is 5.82 Å². The van der Waals surface area contributed by atoms with Crippen LogP contribution in [0.5, 0.6) is 0 Å². The Hall–Kier alpha value is -1.92. The number of nitrogens with two attached hydrogens (primary N) is 1. The van der Waals surface area contributed by atoms with Crippen LogP contribution in [0.25, 0.3) is 0 Å². The van der Waals surface area contributed by atoms with Gasteiger partial charge in [0.1, 0.15) is 12.4 Å². The molecule has 0 atom stereocenters. The Morgan fingerprint density at radius 2 is 2.00 bits per heavy atom. The standard InChI is InChI=1S/C9H15N7/c1-4-7-9(10)13-14-16(7)5-8-12-11-6(2)15(8)3/h4-5,10H2,1-3H3. The summed E-state index contributed by atoms with van der Waals surface area (Å²) in [6, 6.07) is 0. The summed E-state index contributed by atoms with van der Waals surface area (Å²) in [6.07, 6.45) is 0.801. The molecule has 0 radical (unpaired) electrons. The fourth-order valence-electron chi connectivity index (χ4n) is 1.56. The smallest absolute Gasteiger partial charge is 0.169 e. The van der Waals surface area contributed by atoms with Crippen LogP contribution in [0.1, 0.15) is 24.3 Å². The molecule has 0 fully saturated rings. The van der Waals surface area contributed by atoms with Crippen molar-refractivity contribution in [1.82, 2.24) is 29.8 Å². The van der Waals surface area contributed by atoms with Gasteiger partial charge in [-0.1, -0.05) is 12.1 Å². The van der Waals surface area contributed by atoms with Crippen molar-refractivity contribution in [2.24, 2.45) is 7.05 Å². The Labute approximate surface area is 93.3 Å². The molecule has 86 valence electrons. The minimum Gasteiger partial charge on any atom is -0.381 e. The largest absolute Gasteiger partial charge is 0.381 e. The first kappa shape index (κ1) is 10.6. The van der Waals surface area contributed by atoms with Gasteiger partial charge in [-0.2, -0.15) is 0 Å². The van der Waals surface area contributed by atoms with Crippen LogP contribution in [0.3, 0.4) is 0 Å². The van der Waals surface area contributed by atoms with Crippen LogP contribution in [0.15, 0.2) is 0 Å². The number of aromatic nitrogens is 6. The predicted molar refractivity (Wildman–Crippen MR) is 58.7 cm³/mol. The zero-order valence-corrected chi connectivity index (χ0v) is 9.67. The molecule has 2 N–H and O–H groups in total. The topological polar surface area (TPSA) is 87.4 Å². The van der Waals surface area contributed by atoms with Crippen LogP contribution >= 0.6 is 0 Å². The van der Waals surface area contributed by atoms with Gasteiger partial charge in [-0.3, -0.25) is 0 Å². The maximum atomic E-state index is 5.71. The second kappa shape index (κ2) is 3.92. The molecule has 0 aromatic carbocycles. The Balaban J connectivity index is 2.30. The van der Waals surface area contributed by atoms with E-state index in [0.29, 0.717) is 12.4 Å². The van der Waals surface area contributed by atoms with Crippen LogP contribution < -0.4 is 5.73 Å². The molecule has 0 bridgehead atoms. The van der Waals surface area contributed by atoms with Crippen molar-refractivity contribution in [3.63, 3.8) is 0 Å². The van der Waals surface area contributed by atoms with Gasteiger partial charge in [-0.15, -0.1) is 15.3 Å². The first-order valence-corrected chi connectivity index (χ1v) is 5.16. The van der Waals surface area contributed by atoms with Gasteiger partial charge >= 0.3 is 0 Å². The molecule has 7 nitrogen and oxygen atoms in total. The number of hydrogen-bond acceptors (Lipinski definition) is 5. The van der Waals surface area contributed by atoms with E-state index in [1.54, 1.807) is 4.68 Å². The lowest BCUT2D eigenvalue weighted by Crippen LogP contribution is -2.11. The van der Waals surface area contributed by atoms with Gasteiger partial charge < -0.3 is 10.3 Å². The third-order valence-electron chi connectivity index (χ3n) is 2.68. The van der Waals surface area contributed by atoms with E-state index in [-0.39, 0.29) is 0 Å². The van der Waals surface area contributed by atoms with Crippen LogP contribution in [0, 0.1) is 6.92 Å². The van der Waals surface area contributed by atoms with E-state index in [4.69, 9.17) is 5.73 Å². The highest BCUT2D eigenvalue weighted by Gasteiger charge is 2.11. The van der Waals surface area contributed by atoms with Crippen LogP contribution in [-0.2, 0) is 20.0 Å². The van der Waals surface area contributed by atoms with Crippen molar-refractivity contribution in [3.8, 4) is 0 Å². The second-order valence-electron chi connectivity index (χ2n) is 3.66. The molecule has 2 rings (SSSR count). The molecule has 0 amide bonds. The Kier molecular flexibility index (Phi) is 2.59. The zero-order chi connectivity index (χ0) is 11.7. The summed E-state index contributed by atoms with van der Waals surface area (Å²) in [7, 11) is 1.93. The number of anilines is 1. The molecule has 0 saturated heterocycles. The Morgan fingerprint density at radius 3 is 2.56 bits per heavy atom. The van der Waals surface area contributed by atoms with Gasteiger partial charge in [0, 0.05) is 7.05 Å². The van der Waals surface area contributed by atoms with Crippen LogP contribution in [-0.4, -0.2) is 29.8 Å². The van der Waals surface area contributed by atoms with Crippen LogP contribution in [0.4, 0.5) is 5.82 Å². The number of rotatable bonds is 3. The molecule has 0 aliphatic heterocycles. The molecule has 2 aromatic heterocycles. The van der Waals surface area contributed by atoms with Crippen molar-refractivity contribution in [2.75, 3.05) is 5.73 Å². The van der Waals surface area contributed by atoms with E-state index in [0.717, 1.165) is 23.8 Å². The number of aryl methyl sites for hydroxylation is 1. The van der Waals surface area contributed by atoms with Gasteiger partial charge in [-0.25, -0.2) is 4.68 Å². The van der Waals surface area contributed by atoms with Gasteiger partial charge in [0.25, 0.3) is 0 Å². The fourth-order valence-corrected chi connectivity index (χ4v) is 1.56. The summed E-state index contributed by atoms with van der Waals surface area (Å²) in [4.78, 5) is 0. The molecule has 0 spiro atoms. The van der Waals surface area contributed by atoms with E-state index in [2.05, 4.69) is 20.5 Å². The van der Waals surface area contributed by atoms with Gasteiger partial charge in [0.05, 0.1) is 5.69 Å². The lowest BCUT2D eigenvalue weighted by atomic mass is 10.3. The molecule has 2 aromatic rings. The third-order valence-corrected chi connectivity index (χ3v) is 2.68. The quantitative estimate of drug-likeness (QED) is 0.782. The molecular weight excluding hydrogens is 206 g/mol. The molecule has 0 unspecified atom stereocenters. The summed E-state index contributed by atoms with van der Waals surface area (Å²) < 4.78 is 3.69. The third kappa shape index (κ3) is 1.64. The van der Waals surface area contributed by atoms with Crippen molar-refractivity contribution in [3.05, 3.63) is 17.3 Å². The van der Waals surface area contributed by atoms with E-state index < -0.39 is 0 Å². The molecular formula is C9H15N7. The second-order valence-corrected chi connectivity index (χ2v) is 3.66. The van der Waals surface area contributed by atoms with Gasteiger partial charge in [-0.05, 0) is 13.3 Å².